The van der Waals surface area contributed by atoms with E-state index in [0.29, 0.717) is 19.6 Å². The fourth-order valence-electron chi connectivity index (χ4n) is 3.93. The molecule has 0 aromatic heterocycles. The normalized spacial score (nSPS) is 35.9. The van der Waals surface area contributed by atoms with E-state index in [1.165, 1.54) is 0 Å². The standard InChI is InChI=1S/C17H25NO3/c1-20-14-6-4-8-17(19,10-14)16(11-18)9-13-5-2-3-7-15(13)21-12-16/h2-3,5,7,14,19H,4,6,8-12,18H2,1H3. The maximum Gasteiger partial charge on any atom is 0.122 e. The summed E-state index contributed by atoms with van der Waals surface area (Å²) in [4.78, 5) is 0. The Morgan fingerprint density at radius 2 is 2.24 bits per heavy atom. The van der Waals surface area contributed by atoms with Gasteiger partial charge in [0.2, 0.25) is 0 Å². The van der Waals surface area contributed by atoms with Gasteiger partial charge in [0, 0.05) is 25.5 Å². The van der Waals surface area contributed by atoms with Gasteiger partial charge in [0.25, 0.3) is 0 Å². The third-order valence-electron chi connectivity index (χ3n) is 5.40. The fraction of sp³-hybridized carbons (Fsp3) is 0.647. The molecule has 0 spiro atoms. The molecule has 1 saturated carbocycles. The molecule has 4 nitrogen and oxygen atoms in total. The van der Waals surface area contributed by atoms with Gasteiger partial charge in [-0.15, -0.1) is 0 Å². The van der Waals surface area contributed by atoms with Gasteiger partial charge in [0.15, 0.2) is 0 Å². The van der Waals surface area contributed by atoms with Crippen LogP contribution in [0.3, 0.4) is 0 Å². The van der Waals surface area contributed by atoms with Crippen LogP contribution < -0.4 is 10.5 Å². The van der Waals surface area contributed by atoms with Gasteiger partial charge < -0.3 is 20.3 Å². The minimum atomic E-state index is -0.811. The Morgan fingerprint density at radius 3 is 3.00 bits per heavy atom. The maximum absolute atomic E-state index is 11.3. The molecule has 3 N–H and O–H groups in total. The monoisotopic (exact) mass is 291 g/mol. The Balaban J connectivity index is 1.91. The highest BCUT2D eigenvalue weighted by Gasteiger charge is 2.53. The number of ether oxygens (including phenoxy) is 2. The number of hydrogen-bond acceptors (Lipinski definition) is 4. The number of benzene rings is 1. The Kier molecular flexibility index (Phi) is 3.95. The molecule has 21 heavy (non-hydrogen) atoms. The third-order valence-corrected chi connectivity index (χ3v) is 5.40. The SMILES string of the molecule is COC1CCCC(O)(C2(CN)COc3ccccc3C2)C1. The second kappa shape index (κ2) is 5.59. The molecule has 3 atom stereocenters. The zero-order valence-corrected chi connectivity index (χ0v) is 12.7. The van der Waals surface area contributed by atoms with Crippen molar-refractivity contribution >= 4 is 0 Å². The predicted molar refractivity (Wildman–Crippen MR) is 81.3 cm³/mol. The van der Waals surface area contributed by atoms with Crippen LogP contribution in [0, 0.1) is 5.41 Å². The Bertz CT molecular complexity index is 507. The van der Waals surface area contributed by atoms with Gasteiger partial charge in [-0.25, -0.2) is 0 Å². The van der Waals surface area contributed by atoms with Crippen LogP contribution in [0.1, 0.15) is 31.2 Å². The predicted octanol–water partition coefficient (Wildman–Crippen LogP) is 1.89. The molecule has 1 fully saturated rings. The third kappa shape index (κ3) is 2.45. The molecule has 1 aromatic carbocycles. The summed E-state index contributed by atoms with van der Waals surface area (Å²) in [6, 6.07) is 8.04. The average molecular weight is 291 g/mol. The second-order valence-corrected chi connectivity index (χ2v) is 6.54. The number of methoxy groups -OCH3 is 1. The van der Waals surface area contributed by atoms with Crippen LogP contribution in [0.15, 0.2) is 24.3 Å². The van der Waals surface area contributed by atoms with Crippen LogP contribution in [-0.4, -0.2) is 37.1 Å². The molecule has 0 radical (unpaired) electrons. The Morgan fingerprint density at radius 1 is 1.43 bits per heavy atom. The average Bonchev–Trinajstić information content (AvgIpc) is 2.54. The van der Waals surface area contributed by atoms with E-state index >= 15 is 0 Å². The summed E-state index contributed by atoms with van der Waals surface area (Å²) >= 11 is 0. The molecule has 3 rings (SSSR count). The molecule has 1 aliphatic carbocycles. The molecule has 0 amide bonds. The van der Waals surface area contributed by atoms with E-state index in [-0.39, 0.29) is 6.10 Å². The molecule has 0 bridgehead atoms. The topological polar surface area (TPSA) is 64.7 Å². The highest BCUT2D eigenvalue weighted by molar-refractivity contribution is 5.37. The molecule has 116 valence electrons. The van der Waals surface area contributed by atoms with Gasteiger partial charge >= 0.3 is 0 Å². The van der Waals surface area contributed by atoms with Crippen LogP contribution in [0.4, 0.5) is 0 Å². The number of hydrogen-bond donors (Lipinski definition) is 2. The lowest BCUT2D eigenvalue weighted by atomic mass is 9.61. The fourth-order valence-corrected chi connectivity index (χ4v) is 3.93. The highest BCUT2D eigenvalue weighted by atomic mass is 16.5. The summed E-state index contributed by atoms with van der Waals surface area (Å²) in [7, 11) is 1.72. The molecule has 0 saturated heterocycles. The van der Waals surface area contributed by atoms with E-state index in [4.69, 9.17) is 15.2 Å². The first-order valence-electron chi connectivity index (χ1n) is 7.78. The van der Waals surface area contributed by atoms with Crippen LogP contribution in [-0.2, 0) is 11.2 Å². The molecule has 3 unspecified atom stereocenters. The van der Waals surface area contributed by atoms with Crippen molar-refractivity contribution in [1.29, 1.82) is 0 Å². The first-order valence-corrected chi connectivity index (χ1v) is 7.78. The molecule has 2 aliphatic rings. The molecule has 1 aromatic rings. The van der Waals surface area contributed by atoms with Crippen molar-refractivity contribution in [3.8, 4) is 5.75 Å². The van der Waals surface area contributed by atoms with E-state index in [1.54, 1.807) is 7.11 Å². The highest BCUT2D eigenvalue weighted by Crippen LogP contribution is 2.48. The minimum Gasteiger partial charge on any atom is -0.493 e. The lowest BCUT2D eigenvalue weighted by Crippen LogP contribution is -2.60. The lowest BCUT2D eigenvalue weighted by molar-refractivity contribution is -0.153. The van der Waals surface area contributed by atoms with Crippen LogP contribution in [0.2, 0.25) is 0 Å². The number of para-hydroxylation sites is 1. The summed E-state index contributed by atoms with van der Waals surface area (Å²) in [5, 5.41) is 11.3. The first kappa shape index (κ1) is 14.8. The van der Waals surface area contributed by atoms with Gasteiger partial charge in [-0.3, -0.25) is 0 Å². The quantitative estimate of drug-likeness (QED) is 0.892. The van der Waals surface area contributed by atoms with Crippen LogP contribution in [0.25, 0.3) is 0 Å². The summed E-state index contributed by atoms with van der Waals surface area (Å²) in [6.45, 7) is 0.904. The minimum absolute atomic E-state index is 0.115. The molecule has 1 aliphatic heterocycles. The van der Waals surface area contributed by atoms with E-state index in [2.05, 4.69) is 6.07 Å². The van der Waals surface area contributed by atoms with E-state index < -0.39 is 11.0 Å². The molecular formula is C17H25NO3. The van der Waals surface area contributed by atoms with Gasteiger partial charge in [-0.1, -0.05) is 18.2 Å². The van der Waals surface area contributed by atoms with E-state index in [9.17, 15) is 5.11 Å². The first-order chi connectivity index (χ1) is 10.1. The van der Waals surface area contributed by atoms with Gasteiger partial charge in [0.1, 0.15) is 5.75 Å². The van der Waals surface area contributed by atoms with Gasteiger partial charge in [0.05, 0.1) is 18.3 Å². The van der Waals surface area contributed by atoms with Crippen molar-refractivity contribution in [2.75, 3.05) is 20.3 Å². The Hall–Kier alpha value is -1.10. The number of rotatable bonds is 3. The van der Waals surface area contributed by atoms with Crippen molar-refractivity contribution in [3.63, 3.8) is 0 Å². The zero-order valence-electron chi connectivity index (χ0n) is 12.7. The summed E-state index contributed by atoms with van der Waals surface area (Å²) in [5.41, 5.74) is 6.03. The van der Waals surface area contributed by atoms with Crippen molar-refractivity contribution in [1.82, 2.24) is 0 Å². The summed E-state index contributed by atoms with van der Waals surface area (Å²) < 4.78 is 11.4. The van der Waals surface area contributed by atoms with Gasteiger partial charge in [-0.05, 0) is 37.3 Å². The van der Waals surface area contributed by atoms with Crippen LogP contribution >= 0.6 is 0 Å². The van der Waals surface area contributed by atoms with Crippen LogP contribution in [0.5, 0.6) is 5.75 Å². The van der Waals surface area contributed by atoms with Crippen molar-refractivity contribution in [2.45, 2.75) is 43.8 Å². The number of aliphatic hydroxyl groups is 1. The number of fused-ring (bicyclic) bond motifs is 1. The second-order valence-electron chi connectivity index (χ2n) is 6.54. The maximum atomic E-state index is 11.3. The van der Waals surface area contributed by atoms with E-state index in [1.807, 2.05) is 18.2 Å². The summed E-state index contributed by atoms with van der Waals surface area (Å²) in [5.74, 6) is 0.921. The smallest absolute Gasteiger partial charge is 0.122 e. The van der Waals surface area contributed by atoms with E-state index in [0.717, 1.165) is 37.0 Å². The molecule has 4 heteroatoms. The van der Waals surface area contributed by atoms with Crippen molar-refractivity contribution in [3.05, 3.63) is 29.8 Å². The zero-order chi connectivity index (χ0) is 14.9. The lowest BCUT2D eigenvalue weighted by Gasteiger charge is -2.51. The summed E-state index contributed by atoms with van der Waals surface area (Å²) in [6.07, 6.45) is 4.29. The van der Waals surface area contributed by atoms with Crippen molar-refractivity contribution in [2.24, 2.45) is 11.1 Å². The molecular weight excluding hydrogens is 266 g/mol. The molecule has 1 heterocycles. The van der Waals surface area contributed by atoms with Gasteiger partial charge in [-0.2, -0.15) is 0 Å². The van der Waals surface area contributed by atoms with Crippen molar-refractivity contribution < 1.29 is 14.6 Å². The largest absolute Gasteiger partial charge is 0.493 e. The number of nitrogens with two attached hydrogens (primary N) is 1. The Labute approximate surface area is 126 Å².